The van der Waals surface area contributed by atoms with Crippen LogP contribution >= 0.6 is 0 Å². The van der Waals surface area contributed by atoms with Crippen molar-refractivity contribution in [2.45, 2.75) is 19.4 Å². The molecule has 32 heavy (non-hydrogen) atoms. The predicted octanol–water partition coefficient (Wildman–Crippen LogP) is 3.81. The van der Waals surface area contributed by atoms with Crippen LogP contribution in [0.25, 0.3) is 5.65 Å². The maximum atomic E-state index is 12.6. The molecule has 160 valence electrons. The molecule has 4 aromatic rings. The van der Waals surface area contributed by atoms with E-state index >= 15 is 0 Å². The van der Waals surface area contributed by atoms with Crippen LogP contribution in [0.4, 0.5) is 0 Å². The summed E-state index contributed by atoms with van der Waals surface area (Å²) in [4.78, 5) is 31.3. The van der Waals surface area contributed by atoms with Gasteiger partial charge in [-0.25, -0.2) is 4.98 Å². The molecule has 0 spiro atoms. The Morgan fingerprint density at radius 3 is 2.59 bits per heavy atom. The van der Waals surface area contributed by atoms with Crippen molar-refractivity contribution < 1.29 is 9.59 Å². The van der Waals surface area contributed by atoms with E-state index in [1.54, 1.807) is 6.20 Å². The first-order valence-corrected chi connectivity index (χ1v) is 10.7. The third kappa shape index (κ3) is 3.99. The molecule has 0 radical (unpaired) electrons. The molecular formula is C26H24N4O2. The van der Waals surface area contributed by atoms with Crippen LogP contribution in [0.2, 0.25) is 0 Å². The molecule has 1 aliphatic rings. The number of hydrogen-bond acceptors (Lipinski definition) is 3. The summed E-state index contributed by atoms with van der Waals surface area (Å²) in [5, 5.41) is 2.96. The number of nitrogens with one attached hydrogen (secondary N) is 1. The molecule has 0 aliphatic carbocycles. The Balaban J connectivity index is 1.15. The van der Waals surface area contributed by atoms with E-state index < -0.39 is 0 Å². The molecule has 0 atom stereocenters. The number of nitrogens with zero attached hydrogens (tertiary/aromatic N) is 3. The van der Waals surface area contributed by atoms with Crippen LogP contribution in [0.15, 0.2) is 79.3 Å². The summed E-state index contributed by atoms with van der Waals surface area (Å²) in [5.74, 6) is 0.279. The number of aromatic nitrogens is 2. The number of benzene rings is 2. The number of fused-ring (bicyclic) bond motifs is 1. The summed E-state index contributed by atoms with van der Waals surface area (Å²) in [6, 6.07) is 19.3. The van der Waals surface area contributed by atoms with Gasteiger partial charge in [0.05, 0.1) is 0 Å². The zero-order valence-electron chi connectivity index (χ0n) is 17.9. The Bertz CT molecular complexity index is 1290. The van der Waals surface area contributed by atoms with Gasteiger partial charge in [-0.15, -0.1) is 0 Å². The van der Waals surface area contributed by atoms with Gasteiger partial charge < -0.3 is 14.6 Å². The summed E-state index contributed by atoms with van der Waals surface area (Å²) in [6.45, 7) is 3.84. The van der Waals surface area contributed by atoms with Crippen molar-refractivity contribution in [3.8, 4) is 0 Å². The first kappa shape index (κ1) is 20.0. The smallest absolute Gasteiger partial charge is 0.253 e. The van der Waals surface area contributed by atoms with Crippen LogP contribution in [0.5, 0.6) is 0 Å². The monoisotopic (exact) mass is 424 g/mol. The van der Waals surface area contributed by atoms with E-state index in [-0.39, 0.29) is 11.8 Å². The van der Waals surface area contributed by atoms with Gasteiger partial charge in [0, 0.05) is 55.3 Å². The highest BCUT2D eigenvalue weighted by Gasteiger charge is 2.32. The van der Waals surface area contributed by atoms with Gasteiger partial charge in [0.2, 0.25) is 0 Å². The molecule has 5 rings (SSSR count). The highest BCUT2D eigenvalue weighted by atomic mass is 16.2. The second-order valence-corrected chi connectivity index (χ2v) is 8.31. The fourth-order valence-corrected chi connectivity index (χ4v) is 4.07. The van der Waals surface area contributed by atoms with Crippen molar-refractivity contribution in [2.75, 3.05) is 13.1 Å². The fourth-order valence-electron chi connectivity index (χ4n) is 4.07. The zero-order valence-corrected chi connectivity index (χ0v) is 17.9. The van der Waals surface area contributed by atoms with Gasteiger partial charge in [-0.3, -0.25) is 9.59 Å². The van der Waals surface area contributed by atoms with E-state index in [0.717, 1.165) is 27.9 Å². The summed E-state index contributed by atoms with van der Waals surface area (Å²) < 4.78 is 1.93. The Hall–Kier alpha value is -3.93. The number of amides is 2. The second-order valence-electron chi connectivity index (χ2n) is 8.31. The summed E-state index contributed by atoms with van der Waals surface area (Å²) in [7, 11) is 0. The molecule has 0 bridgehead atoms. The van der Waals surface area contributed by atoms with Gasteiger partial charge in [-0.1, -0.05) is 29.8 Å². The maximum Gasteiger partial charge on any atom is 0.253 e. The maximum absolute atomic E-state index is 12.6. The van der Waals surface area contributed by atoms with E-state index in [1.807, 2.05) is 89.3 Å². The SMILES string of the molecule is Cc1cccc(C(=O)N2CC(c3ccc(C(=O)NCc4ccn5ccnc5c4)cc3)C2)c1. The third-order valence-corrected chi connectivity index (χ3v) is 5.99. The number of hydrogen-bond donors (Lipinski definition) is 1. The summed E-state index contributed by atoms with van der Waals surface area (Å²) >= 11 is 0. The number of carbonyl (C=O) groups excluding carboxylic acids is 2. The first-order valence-electron chi connectivity index (χ1n) is 10.7. The van der Waals surface area contributed by atoms with Crippen molar-refractivity contribution in [3.05, 3.63) is 107 Å². The highest BCUT2D eigenvalue weighted by Crippen LogP contribution is 2.28. The van der Waals surface area contributed by atoms with Crippen LogP contribution in [-0.2, 0) is 6.54 Å². The van der Waals surface area contributed by atoms with Gasteiger partial charge in [-0.05, 0) is 54.4 Å². The first-order chi connectivity index (χ1) is 15.6. The molecular weight excluding hydrogens is 400 g/mol. The van der Waals surface area contributed by atoms with Crippen molar-refractivity contribution in [3.63, 3.8) is 0 Å². The van der Waals surface area contributed by atoms with E-state index in [9.17, 15) is 9.59 Å². The van der Waals surface area contributed by atoms with Gasteiger partial charge >= 0.3 is 0 Å². The molecule has 2 aromatic heterocycles. The summed E-state index contributed by atoms with van der Waals surface area (Å²) in [5.41, 5.74) is 5.46. The van der Waals surface area contributed by atoms with E-state index in [2.05, 4.69) is 10.3 Å². The Labute approximate surface area is 186 Å². The quantitative estimate of drug-likeness (QED) is 0.530. The average Bonchev–Trinajstić information content (AvgIpc) is 3.25. The largest absolute Gasteiger partial charge is 0.348 e. The number of rotatable bonds is 5. The lowest BCUT2D eigenvalue weighted by Crippen LogP contribution is -2.48. The standard InChI is InChI=1S/C26H24N4O2/c1-18-3-2-4-22(13-18)26(32)30-16-23(17-30)20-5-7-21(8-6-20)25(31)28-15-19-9-11-29-12-10-27-24(29)14-19/h2-14,23H,15-17H2,1H3,(H,28,31). The number of carbonyl (C=O) groups is 2. The molecule has 6 heteroatoms. The third-order valence-electron chi connectivity index (χ3n) is 5.99. The Morgan fingerprint density at radius 1 is 1.00 bits per heavy atom. The lowest BCUT2D eigenvalue weighted by molar-refractivity contribution is 0.0602. The molecule has 2 amide bonds. The van der Waals surface area contributed by atoms with Crippen molar-refractivity contribution in [2.24, 2.45) is 0 Å². The minimum atomic E-state index is -0.107. The molecule has 1 N–H and O–H groups in total. The lowest BCUT2D eigenvalue weighted by atomic mass is 9.90. The van der Waals surface area contributed by atoms with Crippen molar-refractivity contribution in [1.82, 2.24) is 19.6 Å². The van der Waals surface area contributed by atoms with Gasteiger partial charge in [0.25, 0.3) is 11.8 Å². The second kappa shape index (κ2) is 8.30. The Morgan fingerprint density at radius 2 is 1.81 bits per heavy atom. The van der Waals surface area contributed by atoms with E-state index in [1.165, 1.54) is 0 Å². The van der Waals surface area contributed by atoms with Gasteiger partial charge in [-0.2, -0.15) is 0 Å². The molecule has 1 fully saturated rings. The van der Waals surface area contributed by atoms with Gasteiger partial charge in [0.15, 0.2) is 0 Å². The number of imidazole rings is 1. The zero-order chi connectivity index (χ0) is 22.1. The average molecular weight is 425 g/mol. The van der Waals surface area contributed by atoms with Crippen LogP contribution < -0.4 is 5.32 Å². The van der Waals surface area contributed by atoms with Crippen molar-refractivity contribution >= 4 is 17.5 Å². The van der Waals surface area contributed by atoms with Crippen LogP contribution in [0, 0.1) is 6.92 Å². The normalized spacial score (nSPS) is 13.7. The van der Waals surface area contributed by atoms with Crippen LogP contribution in [0.3, 0.4) is 0 Å². The molecule has 0 saturated carbocycles. The molecule has 1 saturated heterocycles. The Kier molecular flexibility index (Phi) is 5.19. The molecule has 6 nitrogen and oxygen atoms in total. The highest BCUT2D eigenvalue weighted by molar-refractivity contribution is 5.95. The molecule has 2 aromatic carbocycles. The summed E-state index contributed by atoms with van der Waals surface area (Å²) in [6.07, 6.45) is 5.57. The minimum absolute atomic E-state index is 0.0782. The molecule has 1 aliphatic heterocycles. The molecule has 3 heterocycles. The van der Waals surface area contributed by atoms with Gasteiger partial charge in [0.1, 0.15) is 5.65 Å². The topological polar surface area (TPSA) is 66.7 Å². The number of aryl methyl sites for hydroxylation is 1. The van der Waals surface area contributed by atoms with E-state index in [0.29, 0.717) is 31.1 Å². The number of pyridine rings is 1. The van der Waals surface area contributed by atoms with E-state index in [4.69, 9.17) is 0 Å². The minimum Gasteiger partial charge on any atom is -0.348 e. The fraction of sp³-hybridized carbons (Fsp3) is 0.192. The lowest BCUT2D eigenvalue weighted by Gasteiger charge is -2.39. The molecule has 0 unspecified atom stereocenters. The number of likely N-dealkylation sites (tertiary alicyclic amines) is 1. The van der Waals surface area contributed by atoms with Crippen LogP contribution in [-0.4, -0.2) is 39.2 Å². The van der Waals surface area contributed by atoms with Crippen molar-refractivity contribution in [1.29, 1.82) is 0 Å². The van der Waals surface area contributed by atoms with Crippen LogP contribution in [0.1, 0.15) is 43.3 Å². The predicted molar refractivity (Wildman–Crippen MR) is 123 cm³/mol.